The molecule has 1 aromatic heterocycles. The molecule has 1 atom stereocenters. The molecule has 0 saturated heterocycles. The zero-order valence-electron chi connectivity index (χ0n) is 10.3. The highest BCUT2D eigenvalue weighted by Gasteiger charge is 2.44. The van der Waals surface area contributed by atoms with Gasteiger partial charge in [-0.2, -0.15) is 4.98 Å². The van der Waals surface area contributed by atoms with Crippen LogP contribution in [0.4, 0.5) is 0 Å². The lowest BCUT2D eigenvalue weighted by Crippen LogP contribution is -2.36. The van der Waals surface area contributed by atoms with Crippen molar-refractivity contribution in [2.75, 3.05) is 0 Å². The molecule has 0 aliphatic heterocycles. The van der Waals surface area contributed by atoms with Crippen LogP contribution in [0.25, 0.3) is 0 Å². The molecule has 3 rings (SSSR count). The molecule has 1 heterocycles. The standard InChI is InChI=1S/C14H16N2O2/c1-10(17)12-15-13(16-18-12)14(8-5-9-14)11-6-3-2-4-7-11/h2-4,6-7,10,17H,5,8-9H2,1H3. The van der Waals surface area contributed by atoms with E-state index in [-0.39, 0.29) is 5.41 Å². The molecule has 2 aromatic rings. The van der Waals surface area contributed by atoms with Crippen LogP contribution in [0, 0.1) is 0 Å². The Balaban J connectivity index is 2.01. The van der Waals surface area contributed by atoms with Gasteiger partial charge in [0.25, 0.3) is 5.89 Å². The minimum absolute atomic E-state index is 0.113. The fraction of sp³-hybridized carbons (Fsp3) is 0.429. The summed E-state index contributed by atoms with van der Waals surface area (Å²) in [5.41, 5.74) is 1.12. The number of aliphatic hydroxyl groups is 1. The zero-order valence-corrected chi connectivity index (χ0v) is 10.3. The highest BCUT2D eigenvalue weighted by molar-refractivity contribution is 5.35. The van der Waals surface area contributed by atoms with Crippen molar-refractivity contribution < 1.29 is 9.63 Å². The van der Waals surface area contributed by atoms with E-state index in [1.54, 1.807) is 6.92 Å². The summed E-state index contributed by atoms with van der Waals surface area (Å²) in [5, 5.41) is 13.5. The minimum Gasteiger partial charge on any atom is -0.384 e. The van der Waals surface area contributed by atoms with Crippen molar-refractivity contribution in [2.45, 2.75) is 37.7 Å². The van der Waals surface area contributed by atoms with Crippen LogP contribution in [0.5, 0.6) is 0 Å². The molecule has 94 valence electrons. The van der Waals surface area contributed by atoms with E-state index in [0.717, 1.165) is 12.8 Å². The van der Waals surface area contributed by atoms with E-state index >= 15 is 0 Å². The van der Waals surface area contributed by atoms with Crippen LogP contribution < -0.4 is 0 Å². The topological polar surface area (TPSA) is 59.2 Å². The van der Waals surface area contributed by atoms with Crippen molar-refractivity contribution in [1.29, 1.82) is 0 Å². The maximum Gasteiger partial charge on any atom is 0.255 e. The number of aliphatic hydroxyl groups excluding tert-OH is 1. The summed E-state index contributed by atoms with van der Waals surface area (Å²) in [5.74, 6) is 1.00. The van der Waals surface area contributed by atoms with Gasteiger partial charge in [0.2, 0.25) is 0 Å². The summed E-state index contributed by atoms with van der Waals surface area (Å²) < 4.78 is 5.12. The third-order valence-electron chi connectivity index (χ3n) is 3.76. The summed E-state index contributed by atoms with van der Waals surface area (Å²) in [6, 6.07) is 10.3. The van der Waals surface area contributed by atoms with Crippen molar-refractivity contribution in [3.63, 3.8) is 0 Å². The highest BCUT2D eigenvalue weighted by Crippen LogP contribution is 2.47. The first kappa shape index (κ1) is 11.4. The zero-order chi connectivity index (χ0) is 12.6. The summed E-state index contributed by atoms with van der Waals surface area (Å²) in [4.78, 5) is 4.35. The average Bonchev–Trinajstić information content (AvgIpc) is 2.79. The third kappa shape index (κ3) is 1.64. The fourth-order valence-corrected chi connectivity index (χ4v) is 2.53. The van der Waals surface area contributed by atoms with Gasteiger partial charge in [-0.15, -0.1) is 0 Å². The monoisotopic (exact) mass is 244 g/mol. The second-order valence-corrected chi connectivity index (χ2v) is 4.93. The number of benzene rings is 1. The first-order valence-electron chi connectivity index (χ1n) is 6.30. The quantitative estimate of drug-likeness (QED) is 0.901. The fourth-order valence-electron chi connectivity index (χ4n) is 2.53. The largest absolute Gasteiger partial charge is 0.384 e. The molecular formula is C14H16N2O2. The normalized spacial score (nSPS) is 19.2. The molecule has 1 saturated carbocycles. The SMILES string of the molecule is CC(O)c1nc(C2(c3ccccc3)CCC2)no1. The number of hydrogen-bond acceptors (Lipinski definition) is 4. The van der Waals surface area contributed by atoms with Crippen LogP contribution in [0.2, 0.25) is 0 Å². The molecule has 4 heteroatoms. The molecule has 18 heavy (non-hydrogen) atoms. The summed E-state index contributed by atoms with van der Waals surface area (Å²) >= 11 is 0. The Bertz CT molecular complexity index is 530. The lowest BCUT2D eigenvalue weighted by Gasteiger charge is -2.39. The highest BCUT2D eigenvalue weighted by atomic mass is 16.5. The Morgan fingerprint density at radius 3 is 2.50 bits per heavy atom. The van der Waals surface area contributed by atoms with Crippen LogP contribution in [-0.2, 0) is 5.41 Å². The van der Waals surface area contributed by atoms with Gasteiger partial charge < -0.3 is 9.63 Å². The second kappa shape index (κ2) is 4.21. The Morgan fingerprint density at radius 2 is 2.00 bits per heavy atom. The van der Waals surface area contributed by atoms with E-state index in [1.807, 2.05) is 18.2 Å². The molecule has 0 amide bonds. The van der Waals surface area contributed by atoms with Gasteiger partial charge in [-0.05, 0) is 25.3 Å². The lowest BCUT2D eigenvalue weighted by molar-refractivity contribution is 0.151. The summed E-state index contributed by atoms with van der Waals surface area (Å²) in [6.45, 7) is 1.63. The van der Waals surface area contributed by atoms with E-state index in [9.17, 15) is 5.11 Å². The van der Waals surface area contributed by atoms with Crippen LogP contribution in [0.15, 0.2) is 34.9 Å². The smallest absolute Gasteiger partial charge is 0.255 e. The Morgan fingerprint density at radius 1 is 1.28 bits per heavy atom. The molecule has 0 spiro atoms. The maximum absolute atomic E-state index is 9.47. The van der Waals surface area contributed by atoms with Gasteiger partial charge in [-0.3, -0.25) is 0 Å². The van der Waals surface area contributed by atoms with E-state index in [2.05, 4.69) is 22.3 Å². The molecule has 0 bridgehead atoms. The first-order valence-corrected chi connectivity index (χ1v) is 6.30. The Hall–Kier alpha value is -1.68. The number of aromatic nitrogens is 2. The molecule has 1 aliphatic rings. The van der Waals surface area contributed by atoms with Gasteiger partial charge in [-0.1, -0.05) is 41.9 Å². The summed E-state index contributed by atoms with van der Waals surface area (Å²) in [6.07, 6.45) is 2.54. The minimum atomic E-state index is -0.709. The van der Waals surface area contributed by atoms with Gasteiger partial charge in [0.15, 0.2) is 5.82 Å². The van der Waals surface area contributed by atoms with Crippen molar-refractivity contribution in [2.24, 2.45) is 0 Å². The predicted octanol–water partition coefficient (Wildman–Crippen LogP) is 2.59. The number of rotatable bonds is 3. The van der Waals surface area contributed by atoms with Gasteiger partial charge in [0, 0.05) is 0 Å². The van der Waals surface area contributed by atoms with Crippen LogP contribution >= 0.6 is 0 Å². The first-order chi connectivity index (χ1) is 8.72. The number of hydrogen-bond donors (Lipinski definition) is 1. The third-order valence-corrected chi connectivity index (χ3v) is 3.76. The van der Waals surface area contributed by atoms with Gasteiger partial charge >= 0.3 is 0 Å². The average molecular weight is 244 g/mol. The van der Waals surface area contributed by atoms with Crippen molar-refractivity contribution >= 4 is 0 Å². The molecular weight excluding hydrogens is 228 g/mol. The van der Waals surface area contributed by atoms with E-state index < -0.39 is 6.10 Å². The molecule has 1 N–H and O–H groups in total. The molecule has 1 fully saturated rings. The van der Waals surface area contributed by atoms with E-state index in [4.69, 9.17) is 4.52 Å². The maximum atomic E-state index is 9.47. The van der Waals surface area contributed by atoms with Crippen LogP contribution in [0.3, 0.4) is 0 Å². The lowest BCUT2D eigenvalue weighted by atomic mass is 9.64. The van der Waals surface area contributed by atoms with Crippen molar-refractivity contribution in [3.05, 3.63) is 47.6 Å². The van der Waals surface area contributed by atoms with Crippen molar-refractivity contribution in [3.8, 4) is 0 Å². The second-order valence-electron chi connectivity index (χ2n) is 4.93. The number of nitrogens with zero attached hydrogens (tertiary/aromatic N) is 2. The molecule has 4 nitrogen and oxygen atoms in total. The van der Waals surface area contributed by atoms with Gasteiger partial charge in [0.1, 0.15) is 6.10 Å². The Kier molecular flexibility index (Phi) is 2.67. The molecule has 1 unspecified atom stereocenters. The van der Waals surface area contributed by atoms with Crippen molar-refractivity contribution in [1.82, 2.24) is 10.1 Å². The van der Waals surface area contributed by atoms with Crippen LogP contribution in [-0.4, -0.2) is 15.2 Å². The molecule has 1 aliphatic carbocycles. The van der Waals surface area contributed by atoms with E-state index in [0.29, 0.717) is 11.7 Å². The molecule has 1 aromatic carbocycles. The Labute approximate surface area is 106 Å². The van der Waals surface area contributed by atoms with Gasteiger partial charge in [0.05, 0.1) is 5.41 Å². The van der Waals surface area contributed by atoms with Crippen LogP contribution in [0.1, 0.15) is 49.6 Å². The predicted molar refractivity (Wildman–Crippen MR) is 66.0 cm³/mol. The van der Waals surface area contributed by atoms with Gasteiger partial charge in [-0.25, -0.2) is 0 Å². The summed E-state index contributed by atoms with van der Waals surface area (Å²) in [7, 11) is 0. The molecule has 0 radical (unpaired) electrons. The van der Waals surface area contributed by atoms with E-state index in [1.165, 1.54) is 12.0 Å².